The Labute approximate surface area is 101 Å². The Kier molecular flexibility index (Phi) is 5.37. The number of rotatable bonds is 5. The van der Waals surface area contributed by atoms with Crippen LogP contribution in [-0.2, 0) is 19.1 Å². The summed E-state index contributed by atoms with van der Waals surface area (Å²) in [6.07, 6.45) is 2.77. The molecule has 1 aliphatic rings. The Morgan fingerprint density at radius 1 is 1.47 bits per heavy atom. The normalized spacial score (nSPS) is 25.4. The van der Waals surface area contributed by atoms with Crippen LogP contribution in [0, 0.1) is 0 Å². The van der Waals surface area contributed by atoms with Gasteiger partial charge in [-0.25, -0.2) is 4.79 Å². The van der Waals surface area contributed by atoms with E-state index in [-0.39, 0.29) is 18.8 Å². The summed E-state index contributed by atoms with van der Waals surface area (Å²) in [6, 6.07) is -1.32. The number of ether oxygens (including phenoxy) is 2. The zero-order chi connectivity index (χ0) is 12.8. The van der Waals surface area contributed by atoms with E-state index in [1.54, 1.807) is 14.0 Å². The van der Waals surface area contributed by atoms with E-state index in [9.17, 15) is 9.59 Å². The van der Waals surface area contributed by atoms with Gasteiger partial charge in [0.1, 0.15) is 0 Å². The first kappa shape index (κ1) is 13.9. The van der Waals surface area contributed by atoms with Gasteiger partial charge in [-0.1, -0.05) is 0 Å². The van der Waals surface area contributed by atoms with Crippen LogP contribution in [0.15, 0.2) is 0 Å². The molecule has 6 nitrogen and oxygen atoms in total. The first-order valence-electron chi connectivity index (χ1n) is 5.85. The maximum atomic E-state index is 11.7. The number of hydrogen-bond donors (Lipinski definition) is 2. The molecule has 0 radical (unpaired) electrons. The van der Waals surface area contributed by atoms with Crippen molar-refractivity contribution in [1.29, 1.82) is 0 Å². The van der Waals surface area contributed by atoms with Crippen LogP contribution >= 0.6 is 0 Å². The first-order chi connectivity index (χ1) is 8.10. The standard InChI is InChI=1S/C11H20N2O4/c1-3-17-11(15)9(12)10(14)13-7-5-4-6-8(7)16-2/h7-9H,3-6,12H2,1-2H3,(H,13,14). The molecule has 3 N–H and O–H groups in total. The molecular weight excluding hydrogens is 224 g/mol. The maximum absolute atomic E-state index is 11.7. The Hall–Kier alpha value is -1.14. The fraction of sp³-hybridized carbons (Fsp3) is 0.818. The number of amides is 1. The van der Waals surface area contributed by atoms with Crippen molar-refractivity contribution in [2.75, 3.05) is 13.7 Å². The van der Waals surface area contributed by atoms with Crippen LogP contribution in [0.2, 0.25) is 0 Å². The number of esters is 1. The lowest BCUT2D eigenvalue weighted by molar-refractivity contribution is -0.148. The molecule has 3 atom stereocenters. The molecule has 0 bridgehead atoms. The van der Waals surface area contributed by atoms with Crippen LogP contribution in [0.25, 0.3) is 0 Å². The molecule has 0 saturated heterocycles. The molecule has 98 valence electrons. The van der Waals surface area contributed by atoms with Crippen LogP contribution in [0.3, 0.4) is 0 Å². The average Bonchev–Trinajstić information content (AvgIpc) is 2.75. The molecule has 0 aromatic heterocycles. The minimum absolute atomic E-state index is 0.00773. The van der Waals surface area contributed by atoms with Crippen LogP contribution in [0.4, 0.5) is 0 Å². The zero-order valence-corrected chi connectivity index (χ0v) is 10.3. The van der Waals surface area contributed by atoms with Gasteiger partial charge in [-0.3, -0.25) is 4.79 Å². The van der Waals surface area contributed by atoms with Gasteiger partial charge in [0, 0.05) is 7.11 Å². The molecular formula is C11H20N2O4. The molecule has 1 rings (SSSR count). The van der Waals surface area contributed by atoms with Crippen molar-refractivity contribution >= 4 is 11.9 Å². The minimum atomic E-state index is -1.26. The number of hydrogen-bond acceptors (Lipinski definition) is 5. The summed E-state index contributed by atoms with van der Waals surface area (Å²) in [5, 5.41) is 2.73. The maximum Gasteiger partial charge on any atom is 0.332 e. The second kappa shape index (κ2) is 6.56. The third-order valence-corrected chi connectivity index (χ3v) is 2.91. The molecule has 0 heterocycles. The van der Waals surface area contributed by atoms with E-state index >= 15 is 0 Å². The fourth-order valence-corrected chi connectivity index (χ4v) is 1.98. The molecule has 0 aromatic rings. The van der Waals surface area contributed by atoms with E-state index in [2.05, 4.69) is 10.1 Å². The Morgan fingerprint density at radius 2 is 2.18 bits per heavy atom. The van der Waals surface area contributed by atoms with Crippen molar-refractivity contribution in [3.63, 3.8) is 0 Å². The van der Waals surface area contributed by atoms with Crippen LogP contribution < -0.4 is 11.1 Å². The molecule has 1 saturated carbocycles. The van der Waals surface area contributed by atoms with Gasteiger partial charge in [0.15, 0.2) is 6.04 Å². The highest BCUT2D eigenvalue weighted by molar-refractivity contribution is 6.01. The fourth-order valence-electron chi connectivity index (χ4n) is 1.98. The smallest absolute Gasteiger partial charge is 0.332 e. The second-order valence-electron chi connectivity index (χ2n) is 4.05. The van der Waals surface area contributed by atoms with Gasteiger partial charge in [0.2, 0.25) is 5.91 Å². The van der Waals surface area contributed by atoms with Crippen molar-refractivity contribution in [2.24, 2.45) is 5.73 Å². The molecule has 0 aromatic carbocycles. The van der Waals surface area contributed by atoms with E-state index in [0.29, 0.717) is 0 Å². The Bertz CT molecular complexity index is 283. The highest BCUT2D eigenvalue weighted by atomic mass is 16.5. The highest BCUT2D eigenvalue weighted by Crippen LogP contribution is 2.21. The molecule has 17 heavy (non-hydrogen) atoms. The summed E-state index contributed by atoms with van der Waals surface area (Å²) in [5.74, 6) is -1.20. The lowest BCUT2D eigenvalue weighted by Gasteiger charge is -2.21. The number of nitrogens with one attached hydrogen (secondary N) is 1. The summed E-state index contributed by atoms with van der Waals surface area (Å²) in [7, 11) is 1.61. The lowest BCUT2D eigenvalue weighted by atomic mass is 10.2. The van der Waals surface area contributed by atoms with Gasteiger partial charge in [0.25, 0.3) is 0 Å². The van der Waals surface area contributed by atoms with Crippen LogP contribution in [0.1, 0.15) is 26.2 Å². The third-order valence-electron chi connectivity index (χ3n) is 2.91. The van der Waals surface area contributed by atoms with Crippen molar-refractivity contribution < 1.29 is 19.1 Å². The SMILES string of the molecule is CCOC(=O)C(N)C(=O)NC1CCCC1OC. The average molecular weight is 244 g/mol. The minimum Gasteiger partial charge on any atom is -0.464 e. The first-order valence-corrected chi connectivity index (χ1v) is 5.85. The molecule has 6 heteroatoms. The molecule has 1 fully saturated rings. The molecule has 1 amide bonds. The molecule has 0 spiro atoms. The van der Waals surface area contributed by atoms with E-state index < -0.39 is 17.9 Å². The predicted octanol–water partition coefficient (Wildman–Crippen LogP) is -0.439. The summed E-state index contributed by atoms with van der Waals surface area (Å²) in [4.78, 5) is 23.0. The third kappa shape index (κ3) is 3.67. The van der Waals surface area contributed by atoms with Gasteiger partial charge in [-0.2, -0.15) is 0 Å². The quantitative estimate of drug-likeness (QED) is 0.505. The van der Waals surface area contributed by atoms with E-state index in [1.807, 2.05) is 0 Å². The van der Waals surface area contributed by atoms with Crippen LogP contribution in [-0.4, -0.2) is 43.8 Å². The van der Waals surface area contributed by atoms with Gasteiger partial charge in [-0.05, 0) is 26.2 Å². The van der Waals surface area contributed by atoms with Gasteiger partial charge in [0.05, 0.1) is 18.8 Å². The highest BCUT2D eigenvalue weighted by Gasteiger charge is 2.32. The van der Waals surface area contributed by atoms with Crippen molar-refractivity contribution in [1.82, 2.24) is 5.32 Å². The largest absolute Gasteiger partial charge is 0.464 e. The monoisotopic (exact) mass is 244 g/mol. The van der Waals surface area contributed by atoms with Gasteiger partial charge >= 0.3 is 5.97 Å². The van der Waals surface area contributed by atoms with Gasteiger partial charge in [-0.15, -0.1) is 0 Å². The van der Waals surface area contributed by atoms with Crippen molar-refractivity contribution in [3.05, 3.63) is 0 Å². The summed E-state index contributed by atoms with van der Waals surface area (Å²) >= 11 is 0. The summed E-state index contributed by atoms with van der Waals surface area (Å²) in [5.41, 5.74) is 5.48. The molecule has 0 aliphatic heterocycles. The Morgan fingerprint density at radius 3 is 2.76 bits per heavy atom. The topological polar surface area (TPSA) is 90.7 Å². The summed E-state index contributed by atoms with van der Waals surface area (Å²) < 4.78 is 9.93. The second-order valence-corrected chi connectivity index (χ2v) is 4.05. The van der Waals surface area contributed by atoms with E-state index in [0.717, 1.165) is 19.3 Å². The van der Waals surface area contributed by atoms with Crippen molar-refractivity contribution in [3.8, 4) is 0 Å². The Balaban J connectivity index is 2.45. The van der Waals surface area contributed by atoms with E-state index in [1.165, 1.54) is 0 Å². The number of carbonyl (C=O) groups excluding carboxylic acids is 2. The number of methoxy groups -OCH3 is 1. The molecule has 3 unspecified atom stereocenters. The number of nitrogens with two attached hydrogens (primary N) is 1. The molecule has 1 aliphatic carbocycles. The zero-order valence-electron chi connectivity index (χ0n) is 10.3. The van der Waals surface area contributed by atoms with E-state index in [4.69, 9.17) is 10.5 Å². The lowest BCUT2D eigenvalue weighted by Crippen LogP contribution is -2.51. The summed E-state index contributed by atoms with van der Waals surface area (Å²) in [6.45, 7) is 1.88. The predicted molar refractivity (Wildman–Crippen MR) is 61.2 cm³/mol. The number of carbonyl (C=O) groups is 2. The van der Waals surface area contributed by atoms with Gasteiger partial charge < -0.3 is 20.5 Å². The van der Waals surface area contributed by atoms with Crippen LogP contribution in [0.5, 0.6) is 0 Å². The van der Waals surface area contributed by atoms with Crippen molar-refractivity contribution in [2.45, 2.75) is 44.4 Å².